The van der Waals surface area contributed by atoms with Crippen LogP contribution >= 0.6 is 0 Å². The summed E-state index contributed by atoms with van der Waals surface area (Å²) in [6.45, 7) is -0.634. The van der Waals surface area contributed by atoms with Crippen LogP contribution in [-0.4, -0.2) is 17.6 Å². The van der Waals surface area contributed by atoms with Crippen LogP contribution in [-0.2, 0) is 0 Å². The van der Waals surface area contributed by atoms with Gasteiger partial charge in [0.2, 0.25) is 0 Å². The highest BCUT2D eigenvalue weighted by atomic mass is 19.4. The van der Waals surface area contributed by atoms with Crippen LogP contribution in [0, 0.1) is 10.1 Å². The van der Waals surface area contributed by atoms with Crippen molar-refractivity contribution in [2.75, 3.05) is 6.54 Å². The first kappa shape index (κ1) is 12.4. The van der Waals surface area contributed by atoms with E-state index in [0.717, 1.165) is 12.1 Å². The van der Waals surface area contributed by atoms with Crippen molar-refractivity contribution in [2.24, 2.45) is 5.73 Å². The van der Waals surface area contributed by atoms with Crippen LogP contribution in [0.4, 0.5) is 18.9 Å². The first-order valence-corrected chi connectivity index (χ1v) is 4.37. The molecular weight excluding hydrogens is 225 g/mol. The van der Waals surface area contributed by atoms with E-state index in [1.54, 1.807) is 0 Å². The number of non-ortho nitro benzene ring substituents is 1. The normalized spacial score (nSPS) is 13.5. The average molecular weight is 234 g/mol. The number of benzene rings is 1. The van der Waals surface area contributed by atoms with Crippen LogP contribution in [0.5, 0.6) is 0 Å². The fraction of sp³-hybridized carbons (Fsp3) is 0.333. The molecule has 1 atom stereocenters. The summed E-state index contributed by atoms with van der Waals surface area (Å²) in [5, 5.41) is 10.4. The van der Waals surface area contributed by atoms with Crippen molar-refractivity contribution in [1.82, 2.24) is 0 Å². The number of nitro benzene ring substituents is 1. The second-order valence-electron chi connectivity index (χ2n) is 3.18. The zero-order chi connectivity index (χ0) is 12.3. The van der Waals surface area contributed by atoms with E-state index < -0.39 is 23.6 Å². The summed E-state index contributed by atoms with van der Waals surface area (Å²) in [5.74, 6) is -1.87. The summed E-state index contributed by atoms with van der Waals surface area (Å²) >= 11 is 0. The van der Waals surface area contributed by atoms with E-state index in [1.807, 2.05) is 0 Å². The van der Waals surface area contributed by atoms with E-state index >= 15 is 0 Å². The van der Waals surface area contributed by atoms with E-state index in [2.05, 4.69) is 0 Å². The third-order valence-corrected chi connectivity index (χ3v) is 2.11. The predicted molar refractivity (Wildman–Crippen MR) is 50.9 cm³/mol. The molecule has 1 aromatic rings. The molecule has 0 saturated heterocycles. The molecule has 2 N–H and O–H groups in total. The van der Waals surface area contributed by atoms with Crippen LogP contribution < -0.4 is 5.73 Å². The van der Waals surface area contributed by atoms with Crippen molar-refractivity contribution in [3.63, 3.8) is 0 Å². The summed E-state index contributed by atoms with van der Waals surface area (Å²) < 4.78 is 37.5. The van der Waals surface area contributed by atoms with Crippen molar-refractivity contribution < 1.29 is 18.1 Å². The van der Waals surface area contributed by atoms with Crippen LogP contribution in [0.1, 0.15) is 11.5 Å². The zero-order valence-corrected chi connectivity index (χ0v) is 8.07. The van der Waals surface area contributed by atoms with E-state index in [4.69, 9.17) is 5.73 Å². The molecule has 0 aliphatic heterocycles. The number of alkyl halides is 3. The Morgan fingerprint density at radius 3 is 2.50 bits per heavy atom. The Kier molecular flexibility index (Phi) is 3.48. The molecule has 1 unspecified atom stereocenters. The van der Waals surface area contributed by atoms with Gasteiger partial charge in [0.05, 0.1) is 10.8 Å². The molecule has 0 heterocycles. The van der Waals surface area contributed by atoms with Gasteiger partial charge in [0.25, 0.3) is 5.69 Å². The smallest absolute Gasteiger partial charge is 0.330 e. The summed E-state index contributed by atoms with van der Waals surface area (Å²) in [7, 11) is 0. The molecule has 16 heavy (non-hydrogen) atoms. The second kappa shape index (κ2) is 4.48. The molecule has 1 aromatic carbocycles. The number of nitrogens with zero attached hydrogens (tertiary/aromatic N) is 1. The SMILES string of the molecule is NCC(c1cccc([N+](=O)[O-])c1)C(F)(F)F. The zero-order valence-electron chi connectivity index (χ0n) is 8.07. The van der Waals surface area contributed by atoms with Gasteiger partial charge in [-0.1, -0.05) is 12.1 Å². The maximum absolute atomic E-state index is 12.5. The first-order chi connectivity index (χ1) is 7.36. The molecule has 88 valence electrons. The number of halogens is 3. The lowest BCUT2D eigenvalue weighted by Crippen LogP contribution is -2.28. The largest absolute Gasteiger partial charge is 0.396 e. The Balaban J connectivity index is 3.11. The minimum atomic E-state index is -4.50. The fourth-order valence-corrected chi connectivity index (χ4v) is 1.31. The van der Waals surface area contributed by atoms with E-state index in [1.165, 1.54) is 12.1 Å². The molecule has 4 nitrogen and oxygen atoms in total. The quantitative estimate of drug-likeness (QED) is 0.643. The Bertz CT molecular complexity index is 393. The summed E-state index contributed by atoms with van der Waals surface area (Å²) in [6.07, 6.45) is -4.50. The summed E-state index contributed by atoms with van der Waals surface area (Å²) in [6, 6.07) is 4.42. The van der Waals surface area contributed by atoms with Gasteiger partial charge in [-0.15, -0.1) is 0 Å². The first-order valence-electron chi connectivity index (χ1n) is 4.37. The molecule has 1 rings (SSSR count). The van der Waals surface area contributed by atoms with Crippen molar-refractivity contribution in [3.8, 4) is 0 Å². The highest BCUT2D eigenvalue weighted by molar-refractivity contribution is 5.36. The standard InChI is InChI=1S/C9H9F3N2O2/c10-9(11,12)8(5-13)6-2-1-3-7(4-6)14(15)16/h1-4,8H,5,13H2. The van der Waals surface area contributed by atoms with Gasteiger partial charge in [0.15, 0.2) is 0 Å². The molecule has 7 heteroatoms. The van der Waals surface area contributed by atoms with E-state index in [-0.39, 0.29) is 11.3 Å². The van der Waals surface area contributed by atoms with Gasteiger partial charge in [-0.05, 0) is 5.56 Å². The Morgan fingerprint density at radius 2 is 2.06 bits per heavy atom. The van der Waals surface area contributed by atoms with Crippen molar-refractivity contribution in [3.05, 3.63) is 39.9 Å². The topological polar surface area (TPSA) is 69.2 Å². The highest BCUT2D eigenvalue weighted by Gasteiger charge is 2.40. The molecule has 0 amide bonds. The predicted octanol–water partition coefficient (Wildman–Crippen LogP) is 2.20. The molecule has 0 radical (unpaired) electrons. The van der Waals surface area contributed by atoms with Gasteiger partial charge < -0.3 is 5.73 Å². The molecule has 0 saturated carbocycles. The van der Waals surface area contributed by atoms with Crippen molar-refractivity contribution >= 4 is 5.69 Å². The molecule has 0 aromatic heterocycles. The monoisotopic (exact) mass is 234 g/mol. The maximum atomic E-state index is 12.5. The average Bonchev–Trinajstić information content (AvgIpc) is 2.17. The van der Waals surface area contributed by atoms with E-state index in [9.17, 15) is 23.3 Å². The maximum Gasteiger partial charge on any atom is 0.396 e. The lowest BCUT2D eigenvalue weighted by atomic mass is 9.98. The van der Waals surface area contributed by atoms with Crippen LogP contribution in [0.15, 0.2) is 24.3 Å². The van der Waals surface area contributed by atoms with Crippen molar-refractivity contribution in [1.29, 1.82) is 0 Å². The Morgan fingerprint density at radius 1 is 1.44 bits per heavy atom. The molecule has 0 aliphatic carbocycles. The Hall–Kier alpha value is -1.63. The van der Waals surface area contributed by atoms with Gasteiger partial charge in [0.1, 0.15) is 0 Å². The van der Waals surface area contributed by atoms with Gasteiger partial charge >= 0.3 is 6.18 Å². The second-order valence-corrected chi connectivity index (χ2v) is 3.18. The lowest BCUT2D eigenvalue weighted by molar-refractivity contribution is -0.385. The molecule has 0 aliphatic rings. The van der Waals surface area contributed by atoms with Crippen LogP contribution in [0.2, 0.25) is 0 Å². The summed E-state index contributed by atoms with van der Waals surface area (Å²) in [4.78, 5) is 9.66. The van der Waals surface area contributed by atoms with Gasteiger partial charge in [-0.3, -0.25) is 10.1 Å². The van der Waals surface area contributed by atoms with Gasteiger partial charge in [-0.25, -0.2) is 0 Å². The molecular formula is C9H9F3N2O2. The van der Waals surface area contributed by atoms with Crippen LogP contribution in [0.3, 0.4) is 0 Å². The molecule has 0 spiro atoms. The minimum Gasteiger partial charge on any atom is -0.330 e. The van der Waals surface area contributed by atoms with E-state index in [0.29, 0.717) is 0 Å². The lowest BCUT2D eigenvalue weighted by Gasteiger charge is -2.18. The van der Waals surface area contributed by atoms with Crippen molar-refractivity contribution in [2.45, 2.75) is 12.1 Å². The van der Waals surface area contributed by atoms with Gasteiger partial charge in [0, 0.05) is 18.7 Å². The highest BCUT2D eigenvalue weighted by Crippen LogP contribution is 2.34. The third-order valence-electron chi connectivity index (χ3n) is 2.11. The fourth-order valence-electron chi connectivity index (χ4n) is 1.31. The number of hydrogen-bond acceptors (Lipinski definition) is 3. The molecule has 0 fully saturated rings. The van der Waals surface area contributed by atoms with Gasteiger partial charge in [-0.2, -0.15) is 13.2 Å². The van der Waals surface area contributed by atoms with Crippen LogP contribution in [0.25, 0.3) is 0 Å². The Labute approximate surface area is 89.0 Å². The number of nitro groups is 1. The number of nitrogens with two attached hydrogens (primary N) is 1. The minimum absolute atomic E-state index is 0.191. The third kappa shape index (κ3) is 2.69. The number of hydrogen-bond donors (Lipinski definition) is 1. The number of rotatable bonds is 3. The molecule has 0 bridgehead atoms. The summed E-state index contributed by atoms with van der Waals surface area (Å²) in [5.41, 5.74) is 4.46.